The molecule has 1 aliphatic rings. The van der Waals surface area contributed by atoms with Crippen molar-refractivity contribution < 1.29 is 17.9 Å². The topological polar surface area (TPSA) is 79.8 Å². The Hall–Kier alpha value is -2.29. The number of esters is 1. The maximum Gasteiger partial charge on any atom is 0.339 e. The van der Waals surface area contributed by atoms with Gasteiger partial charge >= 0.3 is 5.97 Å². The summed E-state index contributed by atoms with van der Waals surface area (Å²) < 4.78 is 29.8. The summed E-state index contributed by atoms with van der Waals surface area (Å²) in [5, 5.41) is 0. The van der Waals surface area contributed by atoms with Crippen molar-refractivity contribution in [3.05, 3.63) is 65.5 Å². The molecule has 1 aromatic heterocycles. The van der Waals surface area contributed by atoms with E-state index < -0.39 is 16.9 Å². The average molecular weight is 418 g/mol. The van der Waals surface area contributed by atoms with Gasteiger partial charge in [0.2, 0.25) is 10.9 Å². The molecule has 29 heavy (non-hydrogen) atoms. The summed E-state index contributed by atoms with van der Waals surface area (Å²) in [5.74, 6) is -0.466. The van der Waals surface area contributed by atoms with Crippen LogP contribution in [0.1, 0.15) is 46.9 Å². The maximum atomic E-state index is 11.8. The van der Waals surface area contributed by atoms with E-state index in [0.29, 0.717) is 24.2 Å². The number of pyridine rings is 1. The van der Waals surface area contributed by atoms with Crippen LogP contribution in [0.2, 0.25) is 0 Å². The van der Waals surface area contributed by atoms with E-state index in [4.69, 9.17) is 0 Å². The Kier molecular flexibility index (Phi) is 7.74. The molecule has 0 bridgehead atoms. The Morgan fingerprint density at radius 3 is 2.48 bits per heavy atom. The van der Waals surface area contributed by atoms with E-state index in [-0.39, 0.29) is 12.6 Å². The minimum atomic E-state index is -2.74. The number of benzene rings is 1. The maximum absolute atomic E-state index is 11.8. The van der Waals surface area contributed by atoms with E-state index in [9.17, 15) is 13.2 Å². The minimum Gasteiger partial charge on any atom is -0.465 e. The number of ether oxygens (including phenoxy) is 1. The summed E-state index contributed by atoms with van der Waals surface area (Å²) in [4.78, 5) is 18.2. The predicted octanol–water partition coefficient (Wildman–Crippen LogP) is 2.42. The number of carbonyl (C=O) groups is 1. The van der Waals surface area contributed by atoms with Gasteiger partial charge in [-0.25, -0.2) is 13.2 Å². The molecule has 2 heterocycles. The normalized spacial score (nSPS) is 15.7. The number of hydrogen-bond acceptors (Lipinski definition) is 6. The molecule has 7 nitrogen and oxygen atoms in total. The summed E-state index contributed by atoms with van der Waals surface area (Å²) >= 11 is 0. The first-order chi connectivity index (χ1) is 14.1. The first-order valence-corrected chi connectivity index (χ1v) is 10.9. The number of nitrogens with zero attached hydrogens (tertiary/aromatic N) is 3. The van der Waals surface area contributed by atoms with Crippen LogP contribution in [0.3, 0.4) is 0 Å². The summed E-state index contributed by atoms with van der Waals surface area (Å²) in [7, 11) is -1.43. The smallest absolute Gasteiger partial charge is 0.339 e. The zero-order valence-electron chi connectivity index (χ0n) is 16.6. The number of carbonyl (C=O) groups excluding carboxylic acids is 1. The Bertz CT molecular complexity index is 857. The van der Waals surface area contributed by atoms with Crippen molar-refractivity contribution in [1.82, 2.24) is 14.2 Å². The zero-order chi connectivity index (χ0) is 20.6. The van der Waals surface area contributed by atoms with Gasteiger partial charge in [0, 0.05) is 18.8 Å². The minimum absolute atomic E-state index is 0.182. The van der Waals surface area contributed by atoms with E-state index in [2.05, 4.69) is 26.8 Å². The molecule has 0 radical (unpaired) electrons. The Morgan fingerprint density at radius 1 is 1.17 bits per heavy atom. The number of methoxy groups -OCH3 is 1. The van der Waals surface area contributed by atoms with Crippen molar-refractivity contribution in [2.24, 2.45) is 0 Å². The molecule has 0 spiro atoms. The van der Waals surface area contributed by atoms with E-state index >= 15 is 0 Å². The molecule has 156 valence electrons. The van der Waals surface area contributed by atoms with Gasteiger partial charge in [-0.1, -0.05) is 30.3 Å². The van der Waals surface area contributed by atoms with Crippen molar-refractivity contribution >= 4 is 16.9 Å². The molecule has 2 aromatic rings. The number of thiol groups is 1. The zero-order valence-corrected chi connectivity index (χ0v) is 17.5. The molecule has 1 atom stereocenters. The van der Waals surface area contributed by atoms with Crippen molar-refractivity contribution in [3.8, 4) is 0 Å². The number of rotatable bonds is 9. The lowest BCUT2D eigenvalue weighted by Gasteiger charge is -2.29. The van der Waals surface area contributed by atoms with Crippen LogP contribution in [0, 0.1) is 0 Å². The lowest BCUT2D eigenvalue weighted by Crippen LogP contribution is -2.31. The highest BCUT2D eigenvalue weighted by Gasteiger charge is 2.24. The van der Waals surface area contributed by atoms with Gasteiger partial charge in [0.15, 0.2) is 0 Å². The molecule has 0 saturated carbocycles. The van der Waals surface area contributed by atoms with E-state index in [1.54, 1.807) is 12.1 Å². The van der Waals surface area contributed by atoms with E-state index in [1.165, 1.54) is 36.0 Å². The monoisotopic (exact) mass is 417 g/mol. The number of likely N-dealkylation sites (tertiary alicyclic amines) is 1. The molecule has 0 aliphatic carbocycles. The summed E-state index contributed by atoms with van der Waals surface area (Å²) in [6.45, 7) is 2.68. The van der Waals surface area contributed by atoms with Crippen LogP contribution >= 0.6 is 0 Å². The van der Waals surface area contributed by atoms with Gasteiger partial charge in [0.25, 0.3) is 0 Å². The molecule has 8 heteroatoms. The quantitative estimate of drug-likeness (QED) is 0.499. The fourth-order valence-electron chi connectivity index (χ4n) is 3.72. The SMILES string of the molecule is COC(=O)c1ccc(CN(CCC(c2ccccc2)N2CCCC2)[SH](=O)=O)nc1. The predicted molar refractivity (Wildman–Crippen MR) is 111 cm³/mol. The summed E-state index contributed by atoms with van der Waals surface area (Å²) in [6.07, 6.45) is 4.49. The summed E-state index contributed by atoms with van der Waals surface area (Å²) in [5.41, 5.74) is 2.15. The lowest BCUT2D eigenvalue weighted by molar-refractivity contribution is 0.0600. The number of aromatic nitrogens is 1. The molecule has 1 fully saturated rings. The lowest BCUT2D eigenvalue weighted by atomic mass is 10.0. The molecule has 1 aromatic carbocycles. The third-order valence-corrected chi connectivity index (χ3v) is 6.05. The second-order valence-electron chi connectivity index (χ2n) is 7.11. The van der Waals surface area contributed by atoms with Crippen LogP contribution in [-0.2, 0) is 22.2 Å². The third kappa shape index (κ3) is 5.85. The highest BCUT2D eigenvalue weighted by molar-refractivity contribution is 7.69. The van der Waals surface area contributed by atoms with Crippen molar-refractivity contribution in [2.45, 2.75) is 31.8 Å². The van der Waals surface area contributed by atoms with Crippen LogP contribution in [0.5, 0.6) is 0 Å². The van der Waals surface area contributed by atoms with Crippen LogP contribution in [-0.4, -0.2) is 55.3 Å². The van der Waals surface area contributed by atoms with Gasteiger partial charge in [-0.3, -0.25) is 9.88 Å². The fourth-order valence-corrected chi connectivity index (χ4v) is 4.26. The molecular formula is C21H27N3O4S. The molecule has 0 N–H and O–H groups in total. The van der Waals surface area contributed by atoms with Gasteiger partial charge in [-0.05, 0) is 50.0 Å². The molecule has 0 amide bonds. The standard InChI is InChI=1S/C21H27N3O4S/c1-28-21(25)18-9-10-19(22-15-18)16-24(29(26)27)14-11-20(23-12-5-6-13-23)17-7-3-2-4-8-17/h2-4,7-10,15,20,29H,5-6,11-14,16H2,1H3. The van der Waals surface area contributed by atoms with Gasteiger partial charge < -0.3 is 4.74 Å². The second-order valence-corrected chi connectivity index (χ2v) is 8.16. The van der Waals surface area contributed by atoms with E-state index in [1.807, 2.05) is 18.2 Å². The van der Waals surface area contributed by atoms with Crippen molar-refractivity contribution in [2.75, 3.05) is 26.7 Å². The Labute approximate surface area is 173 Å². The first kappa shape index (κ1) is 21.4. The molecule has 1 aliphatic heterocycles. The van der Waals surface area contributed by atoms with Crippen LogP contribution in [0.15, 0.2) is 48.7 Å². The molecule has 1 unspecified atom stereocenters. The second kappa shape index (κ2) is 10.5. The van der Waals surface area contributed by atoms with Crippen molar-refractivity contribution in [3.63, 3.8) is 0 Å². The Morgan fingerprint density at radius 2 is 1.90 bits per heavy atom. The van der Waals surface area contributed by atoms with Crippen LogP contribution < -0.4 is 0 Å². The van der Waals surface area contributed by atoms with Crippen LogP contribution in [0.4, 0.5) is 0 Å². The van der Waals surface area contributed by atoms with Gasteiger partial charge in [0.1, 0.15) is 0 Å². The van der Waals surface area contributed by atoms with Crippen LogP contribution in [0.25, 0.3) is 0 Å². The number of hydrogen-bond donors (Lipinski definition) is 1. The average Bonchev–Trinajstić information content (AvgIpc) is 3.28. The molecule has 3 rings (SSSR count). The van der Waals surface area contributed by atoms with Gasteiger partial charge in [0.05, 0.1) is 24.9 Å². The highest BCUT2D eigenvalue weighted by atomic mass is 32.2. The van der Waals surface area contributed by atoms with Crippen molar-refractivity contribution in [1.29, 1.82) is 0 Å². The largest absolute Gasteiger partial charge is 0.465 e. The van der Waals surface area contributed by atoms with Gasteiger partial charge in [-0.15, -0.1) is 0 Å². The van der Waals surface area contributed by atoms with E-state index in [0.717, 1.165) is 13.1 Å². The summed E-state index contributed by atoms with van der Waals surface area (Å²) in [6, 6.07) is 13.7. The highest BCUT2D eigenvalue weighted by Crippen LogP contribution is 2.28. The van der Waals surface area contributed by atoms with Gasteiger partial charge in [-0.2, -0.15) is 4.31 Å². The molecular weight excluding hydrogens is 390 g/mol. The third-order valence-electron chi connectivity index (χ3n) is 5.25. The molecule has 1 saturated heterocycles. The Balaban J connectivity index is 1.68. The fraction of sp³-hybridized carbons (Fsp3) is 0.429. The first-order valence-electron chi connectivity index (χ1n) is 9.80.